The Morgan fingerprint density at radius 3 is 2.06 bits per heavy atom. The van der Waals surface area contributed by atoms with Crippen LogP contribution < -0.4 is 45.5 Å². The van der Waals surface area contributed by atoms with E-state index in [0.717, 1.165) is 44.9 Å². The molecule has 33 heavy (non-hydrogen) atoms. The van der Waals surface area contributed by atoms with Crippen LogP contribution in [0.3, 0.4) is 0 Å². The fourth-order valence-electron chi connectivity index (χ4n) is 3.30. The van der Waals surface area contributed by atoms with Gasteiger partial charge in [0.1, 0.15) is 6.04 Å². The Morgan fingerprint density at radius 1 is 0.939 bits per heavy atom. The third kappa shape index (κ3) is 14.0. The molecule has 0 radical (unpaired) electrons. The summed E-state index contributed by atoms with van der Waals surface area (Å²) in [6.07, 6.45) is 7.59. The molecule has 0 unspecified atom stereocenters. The minimum atomic E-state index is -1.33. The quantitative estimate of drug-likeness (QED) is 0.0888. The molecule has 0 aromatic heterocycles. The average molecular weight is 473 g/mol. The number of rotatable bonds is 16. The zero-order chi connectivity index (χ0) is 23.8. The molecule has 0 saturated heterocycles. The number of hydrogen-bond donors (Lipinski definition) is 3. The first kappa shape index (κ1) is 31.1. The van der Waals surface area contributed by atoms with Crippen LogP contribution in [0.2, 0.25) is 0 Å². The summed E-state index contributed by atoms with van der Waals surface area (Å²) >= 11 is 0. The summed E-state index contributed by atoms with van der Waals surface area (Å²) < 4.78 is 4.68. The van der Waals surface area contributed by atoms with Gasteiger partial charge in [-0.25, -0.2) is 10.3 Å². The van der Waals surface area contributed by atoms with Crippen LogP contribution in [0.25, 0.3) is 0 Å². The second kappa shape index (κ2) is 18.5. The Balaban J connectivity index is 0.0000102. The van der Waals surface area contributed by atoms with Gasteiger partial charge in [0.15, 0.2) is 0 Å². The predicted octanol–water partition coefficient (Wildman–Crippen LogP) is -1.34. The zero-order valence-corrected chi connectivity index (χ0v) is 21.6. The molecule has 1 aromatic carbocycles. The van der Waals surface area contributed by atoms with Crippen LogP contribution in [-0.2, 0) is 25.5 Å². The molecule has 0 aliphatic heterocycles. The van der Waals surface area contributed by atoms with Gasteiger partial charge in [-0.1, -0.05) is 44.2 Å². The number of carbonyl (C=O) groups is 4. The van der Waals surface area contributed by atoms with E-state index < -0.39 is 24.3 Å². The van der Waals surface area contributed by atoms with Gasteiger partial charge in [0.2, 0.25) is 5.91 Å². The maximum atomic E-state index is 11.9. The Bertz CT molecular complexity index is 741. The summed E-state index contributed by atoms with van der Waals surface area (Å²) in [6.45, 7) is 0. The standard InChI is InChI=1S/C23H34N2O7.Na/c1-32-23(30)18-13-11-17(12-14-18)9-7-5-3-2-4-6-8-10-20(26)24-19(22(29)25-31)15-16-21(27)28;/h11-14,19,31H,2-10,15-16H2,1H3,(H,24,26)(H,25,29)(H,27,28);/q;+1/p-1/t19-;/m1./s1. The molecule has 178 valence electrons. The molecular formula is C23H33N2NaO7. The van der Waals surface area contributed by atoms with E-state index in [1.54, 1.807) is 12.1 Å². The van der Waals surface area contributed by atoms with Gasteiger partial charge in [-0.05, 0) is 49.8 Å². The summed E-state index contributed by atoms with van der Waals surface area (Å²) in [5.74, 6) is -2.86. The molecule has 0 aliphatic carbocycles. The minimum absolute atomic E-state index is 0. The van der Waals surface area contributed by atoms with Crippen molar-refractivity contribution in [3.05, 3.63) is 35.4 Å². The smallest absolute Gasteiger partial charge is 0.550 e. The van der Waals surface area contributed by atoms with Gasteiger partial charge >= 0.3 is 35.5 Å². The molecule has 1 atom stereocenters. The molecule has 0 bridgehead atoms. The summed E-state index contributed by atoms with van der Waals surface area (Å²) in [7, 11) is 1.36. The van der Waals surface area contributed by atoms with Gasteiger partial charge in [0, 0.05) is 12.4 Å². The number of esters is 1. The predicted molar refractivity (Wildman–Crippen MR) is 115 cm³/mol. The van der Waals surface area contributed by atoms with Gasteiger partial charge in [0.25, 0.3) is 5.91 Å². The number of methoxy groups -OCH3 is 1. The van der Waals surface area contributed by atoms with Crippen LogP contribution in [-0.4, -0.2) is 42.1 Å². The largest absolute Gasteiger partial charge is 1.00 e. The second-order valence-electron chi connectivity index (χ2n) is 7.67. The molecule has 0 fully saturated rings. The molecule has 9 nitrogen and oxygen atoms in total. The number of carboxylic acids is 1. The Morgan fingerprint density at radius 2 is 1.52 bits per heavy atom. The van der Waals surface area contributed by atoms with Crippen molar-refractivity contribution in [1.82, 2.24) is 10.8 Å². The van der Waals surface area contributed by atoms with Crippen molar-refractivity contribution in [3.8, 4) is 0 Å². The average Bonchev–Trinajstić information content (AvgIpc) is 2.79. The first-order chi connectivity index (χ1) is 15.4. The topological polar surface area (TPSA) is 145 Å². The van der Waals surface area contributed by atoms with Crippen molar-refractivity contribution >= 4 is 23.8 Å². The first-order valence-corrected chi connectivity index (χ1v) is 11.0. The summed E-state index contributed by atoms with van der Waals surface area (Å²) in [6, 6.07) is 6.36. The maximum Gasteiger partial charge on any atom is 1.00 e. The number of amides is 2. The van der Waals surface area contributed by atoms with E-state index in [0.29, 0.717) is 12.0 Å². The van der Waals surface area contributed by atoms with Crippen molar-refractivity contribution in [2.75, 3.05) is 7.11 Å². The van der Waals surface area contributed by atoms with Crippen LogP contribution in [0.1, 0.15) is 80.1 Å². The van der Waals surface area contributed by atoms with Crippen molar-refractivity contribution in [2.24, 2.45) is 0 Å². The summed E-state index contributed by atoms with van der Waals surface area (Å²) in [4.78, 5) is 45.4. The van der Waals surface area contributed by atoms with E-state index >= 15 is 0 Å². The van der Waals surface area contributed by atoms with Crippen LogP contribution in [0, 0.1) is 0 Å². The fourth-order valence-corrected chi connectivity index (χ4v) is 3.30. The normalized spacial score (nSPS) is 11.1. The molecule has 0 heterocycles. The zero-order valence-electron chi connectivity index (χ0n) is 19.6. The van der Waals surface area contributed by atoms with Crippen LogP contribution in [0.5, 0.6) is 0 Å². The maximum absolute atomic E-state index is 11.9. The fraction of sp³-hybridized carbons (Fsp3) is 0.565. The number of carbonyl (C=O) groups excluding carboxylic acids is 4. The number of aryl methyl sites for hydroxylation is 1. The van der Waals surface area contributed by atoms with E-state index in [1.165, 1.54) is 18.2 Å². The third-order valence-electron chi connectivity index (χ3n) is 5.14. The van der Waals surface area contributed by atoms with Crippen LogP contribution in [0.4, 0.5) is 0 Å². The number of unbranched alkanes of at least 4 members (excludes halogenated alkanes) is 6. The first-order valence-electron chi connectivity index (χ1n) is 11.0. The van der Waals surface area contributed by atoms with Crippen molar-refractivity contribution in [2.45, 2.75) is 76.7 Å². The van der Waals surface area contributed by atoms with Gasteiger partial charge in [-0.3, -0.25) is 14.8 Å². The van der Waals surface area contributed by atoms with E-state index in [4.69, 9.17) is 5.21 Å². The Hall–Kier alpha value is -1.94. The van der Waals surface area contributed by atoms with Gasteiger partial charge in [-0.2, -0.15) is 0 Å². The monoisotopic (exact) mass is 472 g/mol. The van der Waals surface area contributed by atoms with Crippen LogP contribution in [0.15, 0.2) is 24.3 Å². The van der Waals surface area contributed by atoms with E-state index in [1.807, 2.05) is 12.1 Å². The van der Waals surface area contributed by atoms with Crippen molar-refractivity contribution in [1.29, 1.82) is 0 Å². The molecule has 3 N–H and O–H groups in total. The molecule has 0 spiro atoms. The Labute approximate surface area is 216 Å². The third-order valence-corrected chi connectivity index (χ3v) is 5.14. The second-order valence-corrected chi connectivity index (χ2v) is 7.67. The number of hydroxylamine groups is 1. The summed E-state index contributed by atoms with van der Waals surface area (Å²) in [5, 5.41) is 21.7. The van der Waals surface area contributed by atoms with E-state index in [9.17, 15) is 24.3 Å². The van der Waals surface area contributed by atoms with Gasteiger partial charge < -0.3 is 20.0 Å². The molecule has 1 aromatic rings. The molecule has 0 saturated carbocycles. The SMILES string of the molecule is COC(=O)c1ccc(CCCCCCCCCC(=O)N[C@H](CCC(=O)[O-])C(=O)NO)cc1.[Na+]. The van der Waals surface area contributed by atoms with Crippen molar-refractivity contribution in [3.63, 3.8) is 0 Å². The number of carboxylic acid groups (broad SMARTS) is 1. The number of aliphatic carboxylic acids is 1. The molecular weight excluding hydrogens is 439 g/mol. The molecule has 10 heteroatoms. The van der Waals surface area contributed by atoms with Gasteiger partial charge in [-0.15, -0.1) is 0 Å². The minimum Gasteiger partial charge on any atom is -0.550 e. The number of ether oxygens (including phenoxy) is 1. The number of nitrogens with one attached hydrogen (secondary N) is 2. The number of benzene rings is 1. The molecule has 1 rings (SSSR count). The number of hydrogen-bond acceptors (Lipinski definition) is 7. The molecule has 0 aliphatic rings. The van der Waals surface area contributed by atoms with Crippen molar-refractivity contribution < 1.29 is 63.8 Å². The summed E-state index contributed by atoms with van der Waals surface area (Å²) in [5.41, 5.74) is 3.17. The van der Waals surface area contributed by atoms with E-state index in [2.05, 4.69) is 10.1 Å². The van der Waals surface area contributed by atoms with Gasteiger partial charge in [0.05, 0.1) is 12.7 Å². The molecule has 2 amide bonds. The van der Waals surface area contributed by atoms with E-state index in [-0.39, 0.29) is 54.3 Å². The Kier molecular flexibility index (Phi) is 17.4. The van der Waals surface area contributed by atoms with Crippen LogP contribution >= 0.6 is 0 Å².